The Labute approximate surface area is 327 Å². The van der Waals surface area contributed by atoms with Crippen molar-refractivity contribution < 1.29 is 29.2 Å². The van der Waals surface area contributed by atoms with Gasteiger partial charge in [-0.15, -0.1) is 11.3 Å². The molecule has 5 aromatic rings. The summed E-state index contributed by atoms with van der Waals surface area (Å²) in [7, 11) is 1.67. The average Bonchev–Trinajstić information content (AvgIpc) is 3.83. The van der Waals surface area contributed by atoms with Crippen LogP contribution >= 0.6 is 34.5 Å². The van der Waals surface area contributed by atoms with Crippen molar-refractivity contribution in [1.29, 1.82) is 0 Å². The average molecular weight is 797 g/mol. The third-order valence-corrected chi connectivity index (χ3v) is 13.9. The Morgan fingerprint density at radius 1 is 0.927 bits per heavy atom. The number of non-ortho nitro benzene ring substituents is 1. The van der Waals surface area contributed by atoms with Gasteiger partial charge in [-0.2, -0.15) is 5.10 Å². The second-order valence-electron chi connectivity index (χ2n) is 14.9. The van der Waals surface area contributed by atoms with Crippen molar-refractivity contribution in [1.82, 2.24) is 9.78 Å². The van der Waals surface area contributed by atoms with Gasteiger partial charge in [0.2, 0.25) is 23.6 Å². The summed E-state index contributed by atoms with van der Waals surface area (Å²) in [5, 5.41) is 29.3. The van der Waals surface area contributed by atoms with Crippen LogP contribution in [0.2, 0.25) is 10.0 Å². The lowest BCUT2D eigenvalue weighted by Crippen LogP contribution is -2.49. The number of nitrogens with zero attached hydrogens (tertiary/aromatic N) is 5. The summed E-state index contributed by atoms with van der Waals surface area (Å²) in [6.45, 7) is 3.71. The summed E-state index contributed by atoms with van der Waals surface area (Å²) in [5.41, 5.74) is 1.17. The zero-order valence-corrected chi connectivity index (χ0v) is 31.9. The van der Waals surface area contributed by atoms with Gasteiger partial charge in [0.1, 0.15) is 17.3 Å². The van der Waals surface area contributed by atoms with E-state index in [0.717, 1.165) is 25.4 Å². The fourth-order valence-electron chi connectivity index (χ4n) is 9.53. The minimum absolute atomic E-state index is 0.0937. The molecule has 3 fully saturated rings. The van der Waals surface area contributed by atoms with E-state index in [1.165, 1.54) is 57.3 Å². The van der Waals surface area contributed by atoms with Gasteiger partial charge in [-0.3, -0.25) is 38.9 Å². The Balaban J connectivity index is 1.14. The van der Waals surface area contributed by atoms with E-state index in [1.807, 2.05) is 31.2 Å². The molecule has 2 aliphatic carbocycles. The van der Waals surface area contributed by atoms with Crippen molar-refractivity contribution in [3.05, 3.63) is 110 Å². The van der Waals surface area contributed by atoms with E-state index in [2.05, 4.69) is 0 Å². The van der Waals surface area contributed by atoms with Gasteiger partial charge >= 0.3 is 0 Å². The maximum absolute atomic E-state index is 15.1. The number of aromatic hydroxyl groups is 1. The number of fused-ring (bicyclic) bond motifs is 5. The molecule has 3 aromatic carbocycles. The molecule has 2 aliphatic heterocycles. The molecule has 4 aliphatic rings. The van der Waals surface area contributed by atoms with E-state index in [-0.39, 0.29) is 35.8 Å². The maximum atomic E-state index is 15.1. The van der Waals surface area contributed by atoms with Crippen LogP contribution in [0, 0.1) is 46.1 Å². The molecule has 2 saturated heterocycles. The Kier molecular flexibility index (Phi) is 7.92. The van der Waals surface area contributed by atoms with Gasteiger partial charge in [-0.25, -0.2) is 4.90 Å². The zero-order chi connectivity index (χ0) is 38.8. The van der Waals surface area contributed by atoms with E-state index in [0.29, 0.717) is 26.9 Å². The quantitative estimate of drug-likeness (QED) is 0.0813. The lowest BCUT2D eigenvalue weighted by molar-refractivity contribution is -0.384. The highest BCUT2D eigenvalue weighted by Gasteiger charge is 2.68. The predicted molar refractivity (Wildman–Crippen MR) is 207 cm³/mol. The lowest BCUT2D eigenvalue weighted by Gasteiger charge is -2.49. The smallest absolute Gasteiger partial charge is 0.269 e. The van der Waals surface area contributed by atoms with Gasteiger partial charge in [0.05, 0.1) is 38.7 Å². The molecule has 0 bridgehead atoms. The molecule has 278 valence electrons. The first kappa shape index (κ1) is 35.3. The summed E-state index contributed by atoms with van der Waals surface area (Å²) < 4.78 is 2.53. The number of rotatable bonds is 5. The first-order valence-corrected chi connectivity index (χ1v) is 19.2. The number of carbonyl (C=O) groups is 4. The summed E-state index contributed by atoms with van der Waals surface area (Å²) in [6, 6.07) is 17.2. The number of amides is 4. The van der Waals surface area contributed by atoms with Crippen LogP contribution < -0.4 is 9.80 Å². The fourth-order valence-corrected chi connectivity index (χ4v) is 11.0. The number of anilines is 2. The Hall–Kier alpha value is -5.37. The highest BCUT2D eigenvalue weighted by Crippen LogP contribution is 2.64. The zero-order valence-electron chi connectivity index (χ0n) is 29.5. The number of hydrogen-bond acceptors (Lipinski definition) is 9. The first-order valence-electron chi connectivity index (χ1n) is 17.6. The van der Waals surface area contributed by atoms with Crippen molar-refractivity contribution in [2.45, 2.75) is 32.6 Å². The van der Waals surface area contributed by atoms with E-state index >= 15 is 4.79 Å². The fraction of sp³-hybridized carbons (Fsp3) is 0.275. The standard InChI is InChI=1S/C40H31Cl2N5O7S/c1-18-25-14-20(42)5-13-31(25)55-35(18)29-17-32(44(3)43-29)46-37(50)28-16-26-23(34(40(28,2)39(46)52)27-15-19(41)4-12-30(27)48)10-11-24-33(26)38(51)45(36(24)49)21-6-8-22(9-7-21)47(53)54/h4-10,12-15,17,24,26,28,33-34,48H,11,16H2,1-3H3. The number of nitro benzene ring substituents is 1. The largest absolute Gasteiger partial charge is 0.508 e. The first-order chi connectivity index (χ1) is 26.2. The number of phenolic OH excluding ortho intramolecular Hbond substituents is 1. The number of aromatic nitrogens is 2. The normalized spacial score (nSPS) is 26.1. The number of phenols is 1. The van der Waals surface area contributed by atoms with Gasteiger partial charge < -0.3 is 5.11 Å². The highest BCUT2D eigenvalue weighted by atomic mass is 35.5. The molecule has 4 amide bonds. The van der Waals surface area contributed by atoms with Gasteiger partial charge in [-0.05, 0) is 92.1 Å². The topological polar surface area (TPSA) is 156 Å². The van der Waals surface area contributed by atoms with Crippen LogP contribution in [0.5, 0.6) is 5.75 Å². The molecule has 1 N–H and O–H groups in total. The Bertz CT molecular complexity index is 2600. The molecule has 2 aromatic heterocycles. The number of hydrogen-bond donors (Lipinski definition) is 1. The molecule has 6 unspecified atom stereocenters. The molecular weight excluding hydrogens is 765 g/mol. The van der Waals surface area contributed by atoms with Crippen molar-refractivity contribution in [2.24, 2.45) is 36.1 Å². The number of imide groups is 2. The number of allylic oxidation sites excluding steroid dienone is 2. The number of aryl methyl sites for hydroxylation is 2. The van der Waals surface area contributed by atoms with Crippen molar-refractivity contribution in [3.63, 3.8) is 0 Å². The number of nitro groups is 1. The maximum Gasteiger partial charge on any atom is 0.269 e. The van der Waals surface area contributed by atoms with Gasteiger partial charge in [0, 0.05) is 51.5 Å². The van der Waals surface area contributed by atoms with Crippen LogP contribution in [-0.2, 0) is 26.2 Å². The minimum Gasteiger partial charge on any atom is -0.508 e. The monoisotopic (exact) mass is 795 g/mol. The van der Waals surface area contributed by atoms with Crippen LogP contribution in [-0.4, -0.2) is 43.4 Å². The number of thiophene rings is 1. The van der Waals surface area contributed by atoms with E-state index in [9.17, 15) is 29.6 Å². The summed E-state index contributed by atoms with van der Waals surface area (Å²) in [6.07, 6.45) is 2.15. The van der Waals surface area contributed by atoms with Gasteiger partial charge in [-0.1, -0.05) is 34.9 Å². The number of halogens is 2. The molecule has 4 heterocycles. The number of benzene rings is 3. The molecule has 0 spiro atoms. The molecule has 15 heteroatoms. The van der Waals surface area contributed by atoms with Gasteiger partial charge in [0.25, 0.3) is 5.69 Å². The summed E-state index contributed by atoms with van der Waals surface area (Å²) in [5.74, 6) is -5.83. The van der Waals surface area contributed by atoms with Crippen LogP contribution in [0.15, 0.2) is 78.4 Å². The predicted octanol–water partition coefficient (Wildman–Crippen LogP) is 7.97. The van der Waals surface area contributed by atoms with Gasteiger partial charge in [0.15, 0.2) is 0 Å². The summed E-state index contributed by atoms with van der Waals surface area (Å²) in [4.78, 5) is 72.1. The second kappa shape index (κ2) is 12.3. The second-order valence-corrected chi connectivity index (χ2v) is 16.8. The van der Waals surface area contributed by atoms with Crippen LogP contribution in [0.4, 0.5) is 17.2 Å². The van der Waals surface area contributed by atoms with Crippen LogP contribution in [0.25, 0.3) is 20.7 Å². The minimum atomic E-state index is -1.42. The third-order valence-electron chi connectivity index (χ3n) is 12.1. The molecule has 12 nitrogen and oxygen atoms in total. The molecule has 1 saturated carbocycles. The van der Waals surface area contributed by atoms with Crippen molar-refractivity contribution >= 4 is 85.4 Å². The van der Waals surface area contributed by atoms with E-state index in [1.54, 1.807) is 26.1 Å². The third kappa shape index (κ3) is 4.99. The summed E-state index contributed by atoms with van der Waals surface area (Å²) >= 11 is 14.3. The molecule has 9 rings (SSSR count). The Morgan fingerprint density at radius 2 is 1.64 bits per heavy atom. The lowest BCUT2D eigenvalue weighted by atomic mass is 9.51. The molecular formula is C40H31Cl2N5O7S. The van der Waals surface area contributed by atoms with Crippen molar-refractivity contribution in [2.75, 3.05) is 9.80 Å². The molecule has 55 heavy (non-hydrogen) atoms. The van der Waals surface area contributed by atoms with Crippen molar-refractivity contribution in [3.8, 4) is 16.3 Å². The number of carbonyl (C=O) groups excluding carboxylic acids is 4. The van der Waals surface area contributed by atoms with E-state index < -0.39 is 63.6 Å². The molecule has 0 radical (unpaired) electrons. The molecule has 6 atom stereocenters. The van der Waals surface area contributed by atoms with Crippen LogP contribution in [0.1, 0.15) is 36.8 Å². The van der Waals surface area contributed by atoms with E-state index in [4.69, 9.17) is 28.3 Å². The van der Waals surface area contributed by atoms with Crippen LogP contribution in [0.3, 0.4) is 0 Å². The highest BCUT2D eigenvalue weighted by molar-refractivity contribution is 7.22. The Morgan fingerprint density at radius 3 is 2.36 bits per heavy atom. The SMILES string of the molecule is Cc1c(-c2cc(N3C(=O)C4CC5C(=CCC6C(=O)N(c7ccc([N+](=O)[O-])cc7)C(=O)C65)C(c5cc(Cl)ccc5O)C4(C)C3=O)n(C)n2)sc2ccc(Cl)cc12.